The lowest BCUT2D eigenvalue weighted by molar-refractivity contribution is -0.457. The molecule has 0 aromatic heterocycles. The van der Waals surface area contributed by atoms with Gasteiger partial charge in [-0.1, -0.05) is 83.1 Å². The smallest absolute Gasteiger partial charge is 0.435 e. The molecule has 0 aliphatic heterocycles. The third-order valence-corrected chi connectivity index (χ3v) is 18.9. The Bertz CT molecular complexity index is 2690. The topological polar surface area (TPSA) is 124 Å². The van der Waals surface area contributed by atoms with Crippen LogP contribution in [0.1, 0.15) is 109 Å². The highest BCUT2D eigenvalue weighted by Gasteiger charge is 2.85. The summed E-state index contributed by atoms with van der Waals surface area (Å²) >= 11 is 0. The van der Waals surface area contributed by atoms with Crippen LogP contribution in [0.15, 0.2) is 78.9 Å². The van der Waals surface area contributed by atoms with Crippen LogP contribution in [0.5, 0.6) is 11.5 Å². The second-order valence-electron chi connectivity index (χ2n) is 21.2. The molecule has 2 N–H and O–H groups in total. The number of carbonyl (C=O) groups excluding carboxylic acids is 2. The van der Waals surface area contributed by atoms with E-state index < -0.39 is 84.5 Å². The van der Waals surface area contributed by atoms with Crippen molar-refractivity contribution >= 4 is 33.6 Å². The number of aryl methyl sites for hydroxylation is 1. The summed E-state index contributed by atoms with van der Waals surface area (Å²) in [6, 6.07) is 22.5. The average Bonchev–Trinajstić information content (AvgIpc) is 3.94. The lowest BCUT2D eigenvalue weighted by Crippen LogP contribution is -2.67. The van der Waals surface area contributed by atoms with Crippen molar-refractivity contribution in [2.75, 3.05) is 64.3 Å². The number of hydrogen-bond donors (Lipinski definition) is 2. The molecule has 0 saturated heterocycles. The van der Waals surface area contributed by atoms with Gasteiger partial charge in [-0.3, -0.25) is 4.79 Å². The fourth-order valence-electron chi connectivity index (χ4n) is 12.4. The SMILES string of the molecule is C[C@]12CC[C@@H]3c4ccc(Oc5cc(F)c(C(=O)N(CCCSSCCOCCCC(CO)CO)C(=O)OCC6c7ccccc7-c7ccccc76)c(F)c5)cc4CC[C@H]3[C@@H]1CC[C@@H]2OCCCOC(C(F)(F)F)(C(F)(F)F)C(F)(F)F. The van der Waals surface area contributed by atoms with Crippen LogP contribution in [-0.4, -0.2) is 122 Å². The Labute approximate surface area is 470 Å². The zero-order chi connectivity index (χ0) is 58.3. The predicted octanol–water partition coefficient (Wildman–Crippen LogP) is 14.4. The van der Waals surface area contributed by atoms with E-state index in [9.17, 15) is 59.3 Å². The van der Waals surface area contributed by atoms with Crippen molar-refractivity contribution in [3.63, 3.8) is 0 Å². The molecule has 2 saturated carbocycles. The number of rotatable bonds is 25. The molecule has 23 heteroatoms. The van der Waals surface area contributed by atoms with Gasteiger partial charge in [-0.25, -0.2) is 18.5 Å². The number of halogens is 11. The van der Waals surface area contributed by atoms with Gasteiger partial charge in [0.15, 0.2) is 0 Å². The number of alkyl halides is 9. The zero-order valence-electron chi connectivity index (χ0n) is 44.3. The first kappa shape index (κ1) is 62.4. The summed E-state index contributed by atoms with van der Waals surface area (Å²) in [6.07, 6.45) is -17.0. The van der Waals surface area contributed by atoms with E-state index in [-0.39, 0.29) is 73.9 Å². The summed E-state index contributed by atoms with van der Waals surface area (Å²) in [4.78, 5) is 28.8. The summed E-state index contributed by atoms with van der Waals surface area (Å²) in [5.41, 5.74) is -1.88. The van der Waals surface area contributed by atoms with Crippen molar-refractivity contribution < 1.29 is 91.8 Å². The maximum atomic E-state index is 16.2. The molecule has 0 heterocycles. The van der Waals surface area contributed by atoms with Crippen LogP contribution in [0, 0.1) is 34.8 Å². The molecule has 4 aliphatic carbocycles. The fourth-order valence-corrected chi connectivity index (χ4v) is 14.4. The maximum absolute atomic E-state index is 16.2. The predicted molar refractivity (Wildman–Crippen MR) is 282 cm³/mol. The summed E-state index contributed by atoms with van der Waals surface area (Å²) in [7, 11) is 3.00. The van der Waals surface area contributed by atoms with Crippen LogP contribution in [0.2, 0.25) is 0 Å². The van der Waals surface area contributed by atoms with Gasteiger partial charge in [0.25, 0.3) is 5.91 Å². The standard InChI is InChI=1S/C58H64F11NO9S2/c1-54-21-20-44-39-17-15-37(29-36(39)14-16-45(44)47(54)18-19-50(54)76-24-8-25-78-55(56(61,62)63,57(64,65)66)58(67,68)69)79-38-30-48(59)51(49(60)31-38)52(73)70(22-7-27-80-81-28-26-75-23-6-9-35(32-71)33-72)53(74)77-34-46-42-12-4-2-10-40(42)41-11-3-5-13-43(41)46/h2-5,10-13,15,17,29-31,35,44-47,50,71-72H,6-9,14,16,18-28,32-34H2,1H3/t44-,45-,47+,50+,54+/m1/s1. The van der Waals surface area contributed by atoms with E-state index in [1.165, 1.54) is 21.6 Å². The van der Waals surface area contributed by atoms with Crippen molar-refractivity contribution in [3.8, 4) is 22.6 Å². The molecule has 0 spiro atoms. The van der Waals surface area contributed by atoms with E-state index in [0.717, 1.165) is 56.8 Å². The molecule has 0 radical (unpaired) electrons. The highest BCUT2D eigenvalue weighted by atomic mass is 33.1. The quantitative estimate of drug-likeness (QED) is 0.0374. The van der Waals surface area contributed by atoms with Gasteiger partial charge >= 0.3 is 30.2 Å². The average molecular weight is 1190 g/mol. The number of amides is 2. The van der Waals surface area contributed by atoms with Crippen molar-refractivity contribution in [2.24, 2.45) is 23.2 Å². The van der Waals surface area contributed by atoms with Crippen LogP contribution in [0.3, 0.4) is 0 Å². The normalized spacial score (nSPS) is 20.8. The number of fused-ring (bicyclic) bond motifs is 8. The van der Waals surface area contributed by atoms with Crippen molar-refractivity contribution in [2.45, 2.75) is 113 Å². The zero-order valence-corrected chi connectivity index (χ0v) is 45.9. The summed E-state index contributed by atoms with van der Waals surface area (Å²) in [5, 5.41) is 18.5. The van der Waals surface area contributed by atoms with E-state index in [0.29, 0.717) is 69.7 Å². The van der Waals surface area contributed by atoms with Crippen LogP contribution in [-0.2, 0) is 25.4 Å². The molecule has 2 amide bonds. The van der Waals surface area contributed by atoms with Crippen molar-refractivity contribution in [3.05, 3.63) is 118 Å². The minimum atomic E-state index is -6.81. The van der Waals surface area contributed by atoms with Gasteiger partial charge < -0.3 is 33.9 Å². The number of aliphatic hydroxyl groups excluding tert-OH is 2. The minimum absolute atomic E-state index is 0.0925. The molecular weight excluding hydrogens is 1130 g/mol. The van der Waals surface area contributed by atoms with E-state index in [2.05, 4.69) is 4.74 Å². The van der Waals surface area contributed by atoms with Gasteiger partial charge in [-0.15, -0.1) is 0 Å². The largest absolute Gasteiger partial charge is 0.457 e. The summed E-state index contributed by atoms with van der Waals surface area (Å²) in [6.45, 7) is 0.512. The Morgan fingerprint density at radius 2 is 1.36 bits per heavy atom. The monoisotopic (exact) mass is 1190 g/mol. The number of carbonyl (C=O) groups is 2. The Morgan fingerprint density at radius 1 is 0.716 bits per heavy atom. The number of imide groups is 1. The molecule has 2 fully saturated rings. The fraction of sp³-hybridized carbons (Fsp3) is 0.552. The third kappa shape index (κ3) is 13.5. The first-order chi connectivity index (χ1) is 38.5. The number of aliphatic hydroxyl groups is 2. The van der Waals surface area contributed by atoms with Gasteiger partial charge in [-0.05, 0) is 133 Å². The second kappa shape index (κ2) is 26.5. The Morgan fingerprint density at radius 3 is 2.00 bits per heavy atom. The summed E-state index contributed by atoms with van der Waals surface area (Å²) in [5.74, 6) is -2.73. The van der Waals surface area contributed by atoms with Gasteiger partial charge in [0, 0.05) is 68.4 Å². The van der Waals surface area contributed by atoms with Crippen LogP contribution >= 0.6 is 21.6 Å². The molecule has 81 heavy (non-hydrogen) atoms. The van der Waals surface area contributed by atoms with Gasteiger partial charge in [-0.2, -0.15) is 39.5 Å². The maximum Gasteiger partial charge on any atom is 0.435 e. The molecule has 5 atom stereocenters. The van der Waals surface area contributed by atoms with E-state index in [4.69, 9.17) is 18.9 Å². The Hall–Kier alpha value is -4.65. The highest BCUT2D eigenvalue weighted by Crippen LogP contribution is 2.62. The van der Waals surface area contributed by atoms with Crippen molar-refractivity contribution in [1.82, 2.24) is 4.90 Å². The van der Waals surface area contributed by atoms with Gasteiger partial charge in [0.2, 0.25) is 0 Å². The van der Waals surface area contributed by atoms with E-state index >= 15 is 8.78 Å². The first-order valence-corrected chi connectivity index (χ1v) is 29.5. The molecule has 8 rings (SSSR count). The molecule has 4 aromatic rings. The van der Waals surface area contributed by atoms with Crippen LogP contribution in [0.4, 0.5) is 53.1 Å². The third-order valence-electron chi connectivity index (χ3n) is 16.4. The van der Waals surface area contributed by atoms with Crippen LogP contribution < -0.4 is 4.74 Å². The minimum Gasteiger partial charge on any atom is -0.457 e. The number of ether oxygens (including phenoxy) is 5. The van der Waals surface area contributed by atoms with Crippen molar-refractivity contribution in [1.29, 1.82) is 0 Å². The molecule has 0 unspecified atom stereocenters. The number of nitrogens with zero attached hydrogens (tertiary/aromatic N) is 1. The van der Waals surface area contributed by atoms with E-state index in [1.54, 1.807) is 12.1 Å². The lowest BCUT2D eigenvalue weighted by Gasteiger charge is -2.50. The second-order valence-corrected chi connectivity index (χ2v) is 23.9. The Kier molecular flexibility index (Phi) is 20.4. The number of benzene rings is 4. The number of hydrogen-bond acceptors (Lipinski definition) is 11. The molecule has 4 aliphatic rings. The van der Waals surface area contributed by atoms with Crippen LogP contribution in [0.25, 0.3) is 11.1 Å². The highest BCUT2D eigenvalue weighted by molar-refractivity contribution is 8.76. The van der Waals surface area contributed by atoms with Gasteiger partial charge in [0.1, 0.15) is 35.3 Å². The lowest BCUT2D eigenvalue weighted by atomic mass is 9.55. The summed E-state index contributed by atoms with van der Waals surface area (Å²) < 4.78 is 179. The molecule has 10 nitrogen and oxygen atoms in total. The Balaban J connectivity index is 0.877. The molecular formula is C58H64F11NO9S2. The first-order valence-electron chi connectivity index (χ1n) is 27.0. The van der Waals surface area contributed by atoms with E-state index in [1.807, 2.05) is 61.5 Å². The molecule has 0 bridgehead atoms. The molecule has 444 valence electrons. The van der Waals surface area contributed by atoms with Gasteiger partial charge in [0.05, 0.1) is 19.3 Å². The molecule has 4 aromatic carbocycles.